The van der Waals surface area contributed by atoms with E-state index in [2.05, 4.69) is 30.5 Å². The number of carbonyl (C=O) groups is 3. The number of carboxylic acid groups (broad SMARTS) is 1. The van der Waals surface area contributed by atoms with Crippen LogP contribution in [0.1, 0.15) is 162 Å². The van der Waals surface area contributed by atoms with Gasteiger partial charge in [0.15, 0.2) is 6.10 Å². The Balaban J connectivity index is 4.39. The average molecular weight is 692 g/mol. The first-order chi connectivity index (χ1) is 22.6. The molecule has 0 saturated heterocycles. The molecule has 47 heavy (non-hydrogen) atoms. The molecule has 0 aromatic heterocycles. The zero-order valence-corrected chi connectivity index (χ0v) is 30.3. The molecule has 0 aliphatic heterocycles. The summed E-state index contributed by atoms with van der Waals surface area (Å²) in [7, 11) is -4.70. The zero-order valence-electron chi connectivity index (χ0n) is 29.4. The van der Waals surface area contributed by atoms with Gasteiger partial charge in [-0.05, 0) is 38.5 Å². The summed E-state index contributed by atoms with van der Waals surface area (Å²) < 4.78 is 32.4. The van der Waals surface area contributed by atoms with Gasteiger partial charge in [-0.1, -0.05) is 122 Å². The van der Waals surface area contributed by atoms with Gasteiger partial charge in [-0.2, -0.15) is 0 Å². The number of unbranched alkanes of at least 4 members (excludes halogenated alkanes) is 18. The first-order valence-corrected chi connectivity index (χ1v) is 19.7. The number of carboxylic acids is 1. The van der Waals surface area contributed by atoms with Crippen LogP contribution in [0.3, 0.4) is 0 Å². The van der Waals surface area contributed by atoms with Crippen LogP contribution in [0.4, 0.5) is 0 Å². The number of nitrogens with two attached hydrogens (primary N) is 1. The lowest BCUT2D eigenvalue weighted by atomic mass is 10.1. The number of phosphoric acid groups is 1. The predicted octanol–water partition coefficient (Wildman–Crippen LogP) is 8.56. The summed E-state index contributed by atoms with van der Waals surface area (Å²) in [6, 6.07) is -1.52. The van der Waals surface area contributed by atoms with Gasteiger partial charge in [0.2, 0.25) is 0 Å². The molecular formula is C35H66NO10P. The van der Waals surface area contributed by atoms with Crippen LogP contribution in [-0.2, 0) is 37.5 Å². The van der Waals surface area contributed by atoms with E-state index in [0.29, 0.717) is 12.8 Å². The number of carbonyl (C=O) groups excluding carboxylic acids is 2. The van der Waals surface area contributed by atoms with Crippen molar-refractivity contribution < 1.29 is 47.5 Å². The predicted molar refractivity (Wildman–Crippen MR) is 185 cm³/mol. The van der Waals surface area contributed by atoms with Crippen LogP contribution in [0.25, 0.3) is 0 Å². The number of hydrogen-bond donors (Lipinski definition) is 3. The Bertz CT molecular complexity index is 869. The fourth-order valence-corrected chi connectivity index (χ4v) is 5.60. The van der Waals surface area contributed by atoms with Crippen molar-refractivity contribution in [2.24, 2.45) is 5.73 Å². The number of allylic oxidation sites excluding steroid dienone is 2. The van der Waals surface area contributed by atoms with Gasteiger partial charge >= 0.3 is 25.7 Å². The quantitative estimate of drug-likeness (QED) is 0.0255. The molecule has 0 bridgehead atoms. The van der Waals surface area contributed by atoms with Gasteiger partial charge < -0.3 is 25.2 Å². The van der Waals surface area contributed by atoms with Crippen LogP contribution in [0, 0.1) is 0 Å². The van der Waals surface area contributed by atoms with E-state index in [-0.39, 0.29) is 19.4 Å². The lowest BCUT2D eigenvalue weighted by molar-refractivity contribution is -0.161. The minimum atomic E-state index is -4.70. The molecule has 12 heteroatoms. The molecule has 0 radical (unpaired) electrons. The van der Waals surface area contributed by atoms with E-state index in [1.165, 1.54) is 77.0 Å². The number of aliphatic carboxylic acids is 1. The largest absolute Gasteiger partial charge is 0.480 e. The number of ether oxygens (including phenoxy) is 2. The van der Waals surface area contributed by atoms with Crippen molar-refractivity contribution in [3.63, 3.8) is 0 Å². The first-order valence-electron chi connectivity index (χ1n) is 18.2. The van der Waals surface area contributed by atoms with E-state index in [4.69, 9.17) is 24.8 Å². The Morgan fingerprint density at radius 1 is 0.638 bits per heavy atom. The van der Waals surface area contributed by atoms with Gasteiger partial charge in [-0.15, -0.1) is 0 Å². The van der Waals surface area contributed by atoms with Crippen LogP contribution in [0.15, 0.2) is 12.2 Å². The highest BCUT2D eigenvalue weighted by atomic mass is 31.2. The van der Waals surface area contributed by atoms with Crippen molar-refractivity contribution in [3.8, 4) is 0 Å². The molecule has 0 heterocycles. The molecule has 0 aromatic carbocycles. The standard InChI is InChI=1S/C35H66NO10P/c1-3-5-7-9-11-13-14-15-16-17-18-19-21-22-24-26-33(37)43-28-31(29-44-47(41,42)45-30-32(36)35(39)40)46-34(38)27-25-23-20-12-10-8-6-4-2/h13-14,31-32H,3-12,15-30,36H2,1-2H3,(H,39,40)(H,41,42)/b14-13+/t31-,32+/m0/s1. The SMILES string of the molecule is CCCCCC/C=C/CCCCCCCCCC(=O)OC[C@@H](COP(=O)(O)OC[C@@H](N)C(=O)O)OC(=O)CCCCCCCCCC. The molecule has 0 saturated carbocycles. The highest BCUT2D eigenvalue weighted by Gasteiger charge is 2.28. The molecule has 0 aromatic rings. The molecule has 11 nitrogen and oxygen atoms in total. The Labute approximate surface area is 284 Å². The Morgan fingerprint density at radius 3 is 1.57 bits per heavy atom. The van der Waals surface area contributed by atoms with E-state index in [1.807, 2.05) is 0 Å². The molecule has 0 spiro atoms. The summed E-state index contributed by atoms with van der Waals surface area (Å²) in [5.74, 6) is -2.39. The molecule has 4 N–H and O–H groups in total. The summed E-state index contributed by atoms with van der Waals surface area (Å²) in [5, 5.41) is 8.83. The lowest BCUT2D eigenvalue weighted by Crippen LogP contribution is -2.34. The lowest BCUT2D eigenvalue weighted by Gasteiger charge is -2.20. The Hall–Kier alpha value is -1.78. The maximum Gasteiger partial charge on any atom is 0.472 e. The van der Waals surface area contributed by atoms with E-state index in [0.717, 1.165) is 44.9 Å². The van der Waals surface area contributed by atoms with Gasteiger partial charge in [-0.3, -0.25) is 23.4 Å². The van der Waals surface area contributed by atoms with Crippen molar-refractivity contribution in [2.75, 3.05) is 19.8 Å². The summed E-state index contributed by atoms with van der Waals surface area (Å²) in [4.78, 5) is 45.5. The van der Waals surface area contributed by atoms with Gasteiger partial charge in [0.05, 0.1) is 13.2 Å². The minimum absolute atomic E-state index is 0.163. The third-order valence-corrected chi connectivity index (χ3v) is 8.71. The number of hydrogen-bond acceptors (Lipinski definition) is 9. The van der Waals surface area contributed by atoms with Crippen molar-refractivity contribution in [1.82, 2.24) is 0 Å². The number of esters is 2. The van der Waals surface area contributed by atoms with Crippen LogP contribution < -0.4 is 5.73 Å². The van der Waals surface area contributed by atoms with E-state index >= 15 is 0 Å². The smallest absolute Gasteiger partial charge is 0.472 e. The van der Waals surface area contributed by atoms with E-state index in [9.17, 15) is 23.8 Å². The summed E-state index contributed by atoms with van der Waals surface area (Å²) in [6.45, 7) is 2.72. The fourth-order valence-electron chi connectivity index (χ4n) is 4.82. The normalized spacial score (nSPS) is 14.1. The minimum Gasteiger partial charge on any atom is -0.480 e. The molecule has 0 aliphatic rings. The van der Waals surface area contributed by atoms with Crippen molar-refractivity contribution in [2.45, 2.75) is 174 Å². The first kappa shape index (κ1) is 45.2. The fraction of sp³-hybridized carbons (Fsp3) is 0.857. The maximum atomic E-state index is 12.4. The maximum absolute atomic E-state index is 12.4. The van der Waals surface area contributed by atoms with Crippen molar-refractivity contribution in [1.29, 1.82) is 0 Å². The molecule has 0 aliphatic carbocycles. The van der Waals surface area contributed by atoms with Crippen molar-refractivity contribution in [3.05, 3.63) is 12.2 Å². The van der Waals surface area contributed by atoms with Gasteiger partial charge in [0.25, 0.3) is 0 Å². The van der Waals surface area contributed by atoms with Crippen molar-refractivity contribution >= 4 is 25.7 Å². The average Bonchev–Trinajstić information content (AvgIpc) is 3.04. The molecule has 0 rings (SSSR count). The topological polar surface area (TPSA) is 172 Å². The summed E-state index contributed by atoms with van der Waals surface area (Å²) in [5.41, 5.74) is 5.30. The monoisotopic (exact) mass is 691 g/mol. The molecule has 3 atom stereocenters. The third kappa shape index (κ3) is 31.3. The van der Waals surface area contributed by atoms with Gasteiger partial charge in [0, 0.05) is 12.8 Å². The molecular weight excluding hydrogens is 625 g/mol. The third-order valence-electron chi connectivity index (χ3n) is 7.76. The van der Waals surface area contributed by atoms with Crippen LogP contribution in [0.2, 0.25) is 0 Å². The van der Waals surface area contributed by atoms with Gasteiger partial charge in [0.1, 0.15) is 12.6 Å². The van der Waals surface area contributed by atoms with Crippen LogP contribution >= 0.6 is 7.82 Å². The summed E-state index contributed by atoms with van der Waals surface area (Å²) in [6.07, 6.45) is 27.3. The Morgan fingerprint density at radius 2 is 1.06 bits per heavy atom. The van der Waals surface area contributed by atoms with Crippen LogP contribution in [-0.4, -0.2) is 59.9 Å². The summed E-state index contributed by atoms with van der Waals surface area (Å²) >= 11 is 0. The second kappa shape index (κ2) is 31.5. The van der Waals surface area contributed by atoms with E-state index in [1.54, 1.807) is 0 Å². The second-order valence-corrected chi connectivity index (χ2v) is 13.8. The second-order valence-electron chi connectivity index (χ2n) is 12.4. The van der Waals surface area contributed by atoms with E-state index < -0.39 is 51.1 Å². The number of phosphoric ester groups is 1. The molecule has 0 amide bonds. The zero-order chi connectivity index (χ0) is 35.0. The molecule has 1 unspecified atom stereocenters. The highest BCUT2D eigenvalue weighted by molar-refractivity contribution is 7.47. The number of rotatable bonds is 34. The highest BCUT2D eigenvalue weighted by Crippen LogP contribution is 2.43. The molecule has 0 fully saturated rings. The van der Waals surface area contributed by atoms with Gasteiger partial charge in [-0.25, -0.2) is 4.57 Å². The Kier molecular flexibility index (Phi) is 30.3. The van der Waals surface area contributed by atoms with Crippen LogP contribution in [0.5, 0.6) is 0 Å². The molecule has 276 valence electrons.